The van der Waals surface area contributed by atoms with E-state index in [-0.39, 0.29) is 0 Å². The molecule has 0 fully saturated rings. The van der Waals surface area contributed by atoms with Crippen LogP contribution in [-0.4, -0.2) is 4.98 Å². The van der Waals surface area contributed by atoms with Crippen LogP contribution >= 0.6 is 34.7 Å². The average molecular weight is 243 g/mol. The van der Waals surface area contributed by atoms with Crippen LogP contribution in [0.2, 0.25) is 5.02 Å². The third-order valence-corrected chi connectivity index (χ3v) is 3.98. The summed E-state index contributed by atoms with van der Waals surface area (Å²) in [6, 6.07) is 5.74. The minimum absolute atomic E-state index is 0.588. The van der Waals surface area contributed by atoms with Gasteiger partial charge in [-0.15, -0.1) is 11.3 Å². The second kappa shape index (κ2) is 4.21. The molecule has 0 bridgehead atoms. The van der Waals surface area contributed by atoms with E-state index in [1.165, 1.54) is 4.21 Å². The van der Waals surface area contributed by atoms with Crippen LogP contribution in [0.4, 0.5) is 5.69 Å². The number of anilines is 1. The fraction of sp³-hybridized carbons (Fsp3) is 0. The van der Waals surface area contributed by atoms with Crippen molar-refractivity contribution in [2.24, 2.45) is 0 Å². The molecule has 2 N–H and O–H groups in total. The van der Waals surface area contributed by atoms with E-state index in [2.05, 4.69) is 4.98 Å². The van der Waals surface area contributed by atoms with Crippen LogP contribution in [0.5, 0.6) is 0 Å². The normalized spacial score (nSPS) is 10.4. The molecule has 0 aromatic carbocycles. The lowest BCUT2D eigenvalue weighted by Crippen LogP contribution is -1.87. The van der Waals surface area contributed by atoms with Crippen molar-refractivity contribution in [3.8, 4) is 0 Å². The molecule has 5 heteroatoms. The average Bonchev–Trinajstić information content (AvgIpc) is 2.62. The molecule has 0 aliphatic rings. The second-order valence-corrected chi connectivity index (χ2v) is 5.23. The molecular formula is C9H7ClN2S2. The number of nitrogens with two attached hydrogens (primary N) is 1. The van der Waals surface area contributed by atoms with Crippen molar-refractivity contribution in [3.05, 3.63) is 34.8 Å². The van der Waals surface area contributed by atoms with Gasteiger partial charge in [0.05, 0.1) is 21.1 Å². The maximum absolute atomic E-state index is 5.99. The zero-order valence-corrected chi connectivity index (χ0v) is 9.49. The van der Waals surface area contributed by atoms with Crippen molar-refractivity contribution in [2.75, 3.05) is 5.73 Å². The lowest BCUT2D eigenvalue weighted by Gasteiger charge is -2.01. The second-order valence-electron chi connectivity index (χ2n) is 2.59. The molecule has 2 aromatic rings. The van der Waals surface area contributed by atoms with Crippen LogP contribution in [0.15, 0.2) is 39.0 Å². The van der Waals surface area contributed by atoms with Gasteiger partial charge in [-0.25, -0.2) is 4.98 Å². The van der Waals surface area contributed by atoms with E-state index in [1.807, 2.05) is 17.5 Å². The molecule has 0 radical (unpaired) electrons. The van der Waals surface area contributed by atoms with E-state index in [0.29, 0.717) is 10.7 Å². The number of halogens is 1. The Morgan fingerprint density at radius 1 is 1.50 bits per heavy atom. The molecule has 14 heavy (non-hydrogen) atoms. The smallest absolute Gasteiger partial charge is 0.120 e. The molecule has 2 heterocycles. The molecule has 72 valence electrons. The van der Waals surface area contributed by atoms with Gasteiger partial charge in [0, 0.05) is 0 Å². The van der Waals surface area contributed by atoms with E-state index in [9.17, 15) is 0 Å². The van der Waals surface area contributed by atoms with Gasteiger partial charge in [0.25, 0.3) is 0 Å². The molecule has 2 aromatic heterocycles. The standard InChI is InChI=1S/C9H7ClN2S2/c10-7-4-6(11)5-12-9(7)14-8-2-1-3-13-8/h1-5H,11H2. The van der Waals surface area contributed by atoms with Gasteiger partial charge in [0.1, 0.15) is 5.03 Å². The Kier molecular flexibility index (Phi) is 2.96. The highest BCUT2D eigenvalue weighted by Crippen LogP contribution is 2.34. The largest absolute Gasteiger partial charge is 0.397 e. The van der Waals surface area contributed by atoms with Gasteiger partial charge in [0.15, 0.2) is 0 Å². The van der Waals surface area contributed by atoms with Crippen LogP contribution in [-0.2, 0) is 0 Å². The van der Waals surface area contributed by atoms with Crippen molar-refractivity contribution in [2.45, 2.75) is 9.24 Å². The van der Waals surface area contributed by atoms with Gasteiger partial charge in [-0.1, -0.05) is 29.4 Å². The topological polar surface area (TPSA) is 38.9 Å². The van der Waals surface area contributed by atoms with Crippen LogP contribution in [0.3, 0.4) is 0 Å². The predicted octanol–water partition coefficient (Wildman–Crippen LogP) is 3.53. The summed E-state index contributed by atoms with van der Waals surface area (Å²) in [5, 5.41) is 3.42. The molecule has 0 saturated heterocycles. The fourth-order valence-electron chi connectivity index (χ4n) is 0.932. The molecule has 0 aliphatic carbocycles. The van der Waals surface area contributed by atoms with Crippen LogP contribution in [0.25, 0.3) is 0 Å². The summed E-state index contributed by atoms with van der Waals surface area (Å²) in [7, 11) is 0. The quantitative estimate of drug-likeness (QED) is 0.876. The Bertz CT molecular complexity index is 428. The Morgan fingerprint density at radius 3 is 3.00 bits per heavy atom. The van der Waals surface area contributed by atoms with Crippen LogP contribution in [0, 0.1) is 0 Å². The highest BCUT2D eigenvalue weighted by molar-refractivity contribution is 8.01. The summed E-state index contributed by atoms with van der Waals surface area (Å²) in [5.41, 5.74) is 6.14. The maximum Gasteiger partial charge on any atom is 0.120 e. The summed E-state index contributed by atoms with van der Waals surface area (Å²) < 4.78 is 1.17. The number of pyridine rings is 1. The van der Waals surface area contributed by atoms with Gasteiger partial charge in [-0.2, -0.15) is 0 Å². The molecule has 0 spiro atoms. The molecule has 0 aliphatic heterocycles. The van der Waals surface area contributed by atoms with Gasteiger partial charge in [-0.05, 0) is 17.5 Å². The fourth-order valence-corrected chi connectivity index (χ4v) is 2.87. The first-order valence-corrected chi connectivity index (χ1v) is 5.95. The molecule has 0 unspecified atom stereocenters. The van der Waals surface area contributed by atoms with Crippen molar-refractivity contribution in [1.82, 2.24) is 4.98 Å². The minimum Gasteiger partial charge on any atom is -0.397 e. The zero-order chi connectivity index (χ0) is 9.97. The third kappa shape index (κ3) is 2.20. The number of nitrogens with zero attached hydrogens (tertiary/aromatic N) is 1. The Balaban J connectivity index is 2.25. The number of hydrogen-bond acceptors (Lipinski definition) is 4. The summed E-state index contributed by atoms with van der Waals surface area (Å²) in [5.74, 6) is 0. The minimum atomic E-state index is 0.588. The molecular weight excluding hydrogens is 236 g/mol. The van der Waals surface area contributed by atoms with Crippen molar-refractivity contribution in [1.29, 1.82) is 0 Å². The van der Waals surface area contributed by atoms with Crippen molar-refractivity contribution < 1.29 is 0 Å². The Morgan fingerprint density at radius 2 is 2.36 bits per heavy atom. The summed E-state index contributed by atoms with van der Waals surface area (Å²) in [4.78, 5) is 4.17. The number of thiophene rings is 1. The SMILES string of the molecule is Nc1cnc(Sc2cccs2)c(Cl)c1. The molecule has 2 nitrogen and oxygen atoms in total. The van der Waals surface area contributed by atoms with Gasteiger partial charge < -0.3 is 5.73 Å². The maximum atomic E-state index is 5.99. The third-order valence-electron chi connectivity index (χ3n) is 1.52. The number of aromatic nitrogens is 1. The number of hydrogen-bond donors (Lipinski definition) is 1. The van der Waals surface area contributed by atoms with E-state index in [1.54, 1.807) is 35.4 Å². The molecule has 0 saturated carbocycles. The first-order valence-electron chi connectivity index (χ1n) is 3.88. The van der Waals surface area contributed by atoms with Gasteiger partial charge in [0.2, 0.25) is 0 Å². The lowest BCUT2D eigenvalue weighted by molar-refractivity contribution is 1.14. The summed E-state index contributed by atoms with van der Waals surface area (Å²) in [6.07, 6.45) is 1.61. The first kappa shape index (κ1) is 9.83. The Hall–Kier alpha value is -0.710. The van der Waals surface area contributed by atoms with E-state index in [4.69, 9.17) is 17.3 Å². The Labute approximate surface area is 95.1 Å². The van der Waals surface area contributed by atoms with E-state index in [0.717, 1.165) is 5.03 Å². The first-order chi connectivity index (χ1) is 6.75. The van der Waals surface area contributed by atoms with Crippen molar-refractivity contribution in [3.63, 3.8) is 0 Å². The van der Waals surface area contributed by atoms with Crippen LogP contribution in [0.1, 0.15) is 0 Å². The predicted molar refractivity (Wildman–Crippen MR) is 62.1 cm³/mol. The van der Waals surface area contributed by atoms with E-state index < -0.39 is 0 Å². The number of rotatable bonds is 2. The van der Waals surface area contributed by atoms with Gasteiger partial charge in [-0.3, -0.25) is 0 Å². The summed E-state index contributed by atoms with van der Waals surface area (Å²) in [6.45, 7) is 0. The number of nitrogen functional groups attached to an aromatic ring is 1. The van der Waals surface area contributed by atoms with Crippen molar-refractivity contribution >= 4 is 40.4 Å². The van der Waals surface area contributed by atoms with Crippen LogP contribution < -0.4 is 5.73 Å². The van der Waals surface area contributed by atoms with E-state index >= 15 is 0 Å². The lowest BCUT2D eigenvalue weighted by atomic mass is 10.4. The molecule has 2 rings (SSSR count). The zero-order valence-electron chi connectivity index (χ0n) is 7.11. The highest BCUT2D eigenvalue weighted by Gasteiger charge is 2.05. The molecule has 0 atom stereocenters. The summed E-state index contributed by atoms with van der Waals surface area (Å²) >= 11 is 9.20. The highest BCUT2D eigenvalue weighted by atomic mass is 35.5. The van der Waals surface area contributed by atoms with Gasteiger partial charge >= 0.3 is 0 Å². The monoisotopic (exact) mass is 242 g/mol. The molecule has 0 amide bonds.